The van der Waals surface area contributed by atoms with Crippen LogP contribution in [0.15, 0.2) is 47.1 Å². The van der Waals surface area contributed by atoms with E-state index in [2.05, 4.69) is 14.5 Å². The summed E-state index contributed by atoms with van der Waals surface area (Å²) >= 11 is 0.862. The number of carbonyl (C=O) groups excluding carboxylic acids is 2. The normalized spacial score (nSPS) is 11.9. The smallest absolute Gasteiger partial charge is 0.383 e. The Labute approximate surface area is 202 Å². The summed E-state index contributed by atoms with van der Waals surface area (Å²) in [4.78, 5) is 52.2. The maximum atomic E-state index is 12.7. The van der Waals surface area contributed by atoms with Crippen LogP contribution in [0.2, 0.25) is 0 Å². The average Bonchev–Trinajstić information content (AvgIpc) is 2.71. The van der Waals surface area contributed by atoms with Crippen molar-refractivity contribution in [1.29, 1.82) is 0 Å². The first-order valence-corrected chi connectivity index (χ1v) is 11.4. The van der Waals surface area contributed by atoms with Gasteiger partial charge in [0.1, 0.15) is 11.6 Å². The number of hydrogen-bond acceptors (Lipinski definition) is 8. The maximum absolute atomic E-state index is 12.7. The minimum atomic E-state index is -4.67. The molecule has 1 aromatic carbocycles. The van der Waals surface area contributed by atoms with Crippen LogP contribution in [0.4, 0.5) is 5.82 Å². The molecule has 0 radical (unpaired) electrons. The van der Waals surface area contributed by atoms with Gasteiger partial charge in [-0.25, -0.2) is 14.5 Å². The Hall–Kier alpha value is -1.94. The van der Waals surface area contributed by atoms with E-state index in [9.17, 15) is 14.2 Å². The molecular formula is C19H23N4O6PSZn. The van der Waals surface area contributed by atoms with Crippen LogP contribution in [0.3, 0.4) is 0 Å². The summed E-state index contributed by atoms with van der Waals surface area (Å²) in [5.41, 5.74) is 7.29. The number of thioether (sulfide) groups is 1. The predicted octanol–water partition coefficient (Wildman–Crippen LogP) is 2.63. The fraction of sp³-hybridized carbons (Fsp3) is 0.263. The number of aromatic nitrogens is 2. The first-order chi connectivity index (χ1) is 14.6. The molecule has 0 bridgehead atoms. The van der Waals surface area contributed by atoms with Gasteiger partial charge in [-0.3, -0.25) is 14.1 Å². The van der Waals surface area contributed by atoms with Crippen LogP contribution in [-0.4, -0.2) is 42.8 Å². The van der Waals surface area contributed by atoms with E-state index in [0.717, 1.165) is 11.8 Å². The number of rotatable bonds is 10. The molecule has 10 nitrogen and oxygen atoms in total. The van der Waals surface area contributed by atoms with E-state index in [1.165, 1.54) is 11.1 Å². The Kier molecular flexibility index (Phi) is 11.4. The van der Waals surface area contributed by atoms with Gasteiger partial charge in [0.15, 0.2) is 0 Å². The van der Waals surface area contributed by atoms with E-state index < -0.39 is 7.82 Å². The zero-order chi connectivity index (χ0) is 23.0. The summed E-state index contributed by atoms with van der Waals surface area (Å²) in [6.45, 7) is 3.03. The molecule has 1 amide bonds. The number of hydrogen-bond donors (Lipinski definition) is 3. The molecule has 0 aliphatic heterocycles. The second kappa shape index (κ2) is 12.9. The molecule has 168 valence electrons. The van der Waals surface area contributed by atoms with Gasteiger partial charge in [-0.1, -0.05) is 30.3 Å². The number of nitrogens with zero attached hydrogens (tertiary/aromatic N) is 3. The SMILES string of the molecule is C/C(=C(\CCOP(=O)(O)O)SC(=O)c1ccccc1)N(C=O)Cc1cnc(C)nc1N.[Zn]. The molecule has 2 rings (SSSR count). The molecule has 1 aromatic heterocycles. The van der Waals surface area contributed by atoms with Gasteiger partial charge in [0.2, 0.25) is 11.5 Å². The minimum absolute atomic E-state index is 0. The first-order valence-electron chi connectivity index (χ1n) is 9.07. The predicted molar refractivity (Wildman–Crippen MR) is 116 cm³/mol. The molecule has 1 heterocycles. The van der Waals surface area contributed by atoms with E-state index in [4.69, 9.17) is 15.5 Å². The van der Waals surface area contributed by atoms with Crippen molar-refractivity contribution in [3.05, 3.63) is 64.1 Å². The van der Waals surface area contributed by atoms with E-state index in [-0.39, 0.29) is 50.0 Å². The third kappa shape index (κ3) is 8.90. The molecule has 0 unspecified atom stereocenters. The number of phosphoric acid groups is 1. The average molecular weight is 532 g/mol. The zero-order valence-corrected chi connectivity index (χ0v) is 22.3. The molecule has 0 aliphatic carbocycles. The summed E-state index contributed by atoms with van der Waals surface area (Å²) in [7, 11) is -4.67. The van der Waals surface area contributed by atoms with Gasteiger partial charge in [-0.05, 0) is 25.6 Å². The molecule has 0 atom stereocenters. The third-order valence-corrected chi connectivity index (χ3v) is 5.82. The zero-order valence-electron chi connectivity index (χ0n) is 17.7. The molecule has 0 spiro atoms. The van der Waals surface area contributed by atoms with Crippen LogP contribution >= 0.6 is 19.6 Å². The molecule has 2 aromatic rings. The van der Waals surface area contributed by atoms with Crippen LogP contribution in [0.5, 0.6) is 0 Å². The van der Waals surface area contributed by atoms with Crippen molar-refractivity contribution in [2.75, 3.05) is 12.3 Å². The topological polar surface area (TPSA) is 156 Å². The van der Waals surface area contributed by atoms with Gasteiger partial charge in [0, 0.05) is 53.8 Å². The molecule has 0 aliphatic rings. The maximum Gasteiger partial charge on any atom is 0.469 e. The molecule has 0 saturated carbocycles. The summed E-state index contributed by atoms with van der Waals surface area (Å²) in [6, 6.07) is 8.52. The van der Waals surface area contributed by atoms with Crippen molar-refractivity contribution >= 4 is 36.9 Å². The Bertz CT molecular complexity index is 1020. The quantitative estimate of drug-likeness (QED) is 0.236. The van der Waals surface area contributed by atoms with Crippen LogP contribution in [0, 0.1) is 6.92 Å². The fourth-order valence-corrected chi connectivity index (χ4v) is 3.78. The van der Waals surface area contributed by atoms with Gasteiger partial charge in [0.25, 0.3) is 0 Å². The fourth-order valence-electron chi connectivity index (χ4n) is 2.52. The van der Waals surface area contributed by atoms with E-state index in [1.54, 1.807) is 44.2 Å². The summed E-state index contributed by atoms with van der Waals surface area (Å²) in [5, 5.41) is -0.282. The second-order valence-corrected chi connectivity index (χ2v) is 8.71. The number of aryl methyl sites for hydroxylation is 1. The van der Waals surface area contributed by atoms with Crippen molar-refractivity contribution in [2.24, 2.45) is 0 Å². The number of phosphoric ester groups is 1. The van der Waals surface area contributed by atoms with Crippen LogP contribution in [-0.2, 0) is 39.9 Å². The third-order valence-electron chi connectivity index (χ3n) is 4.13. The standard InChI is InChI=1S/C19H23N4O6PS.Zn/c1-13(23(12-24)11-16-10-21-14(2)22-18(16)20)17(8-9-29-30(26,27)28)31-19(25)15-6-4-3-5-7-15;/h3-7,10,12H,8-9,11H2,1-2H3,(H2,20,21,22)(H2,26,27,28);/b17-13-;. The summed E-state index contributed by atoms with van der Waals surface area (Å²) in [5.74, 6) is 0.719. The molecular weight excluding hydrogens is 509 g/mol. The number of benzene rings is 1. The van der Waals surface area contributed by atoms with Crippen molar-refractivity contribution < 1.29 is 47.9 Å². The van der Waals surface area contributed by atoms with Crippen LogP contribution in [0.1, 0.15) is 35.1 Å². The van der Waals surface area contributed by atoms with Gasteiger partial charge < -0.3 is 20.4 Å². The monoisotopic (exact) mass is 530 g/mol. The first kappa shape index (κ1) is 28.1. The minimum Gasteiger partial charge on any atom is -0.383 e. The second-order valence-electron chi connectivity index (χ2n) is 6.40. The van der Waals surface area contributed by atoms with Gasteiger partial charge in [0.05, 0.1) is 13.2 Å². The molecule has 0 saturated heterocycles. The summed E-state index contributed by atoms with van der Waals surface area (Å²) < 4.78 is 15.5. The summed E-state index contributed by atoms with van der Waals surface area (Å²) in [6.07, 6.45) is 2.09. The molecule has 0 fully saturated rings. The van der Waals surface area contributed by atoms with Crippen molar-refractivity contribution in [3.8, 4) is 0 Å². The Morgan fingerprint density at radius 1 is 1.31 bits per heavy atom. The van der Waals surface area contributed by atoms with Crippen LogP contribution < -0.4 is 5.73 Å². The van der Waals surface area contributed by atoms with Crippen LogP contribution in [0.25, 0.3) is 0 Å². The molecule has 32 heavy (non-hydrogen) atoms. The molecule has 13 heteroatoms. The number of nitrogen functional groups attached to an aromatic ring is 1. The number of nitrogens with two attached hydrogens (primary N) is 1. The van der Waals surface area contributed by atoms with Gasteiger partial charge >= 0.3 is 7.82 Å². The molecule has 4 N–H and O–H groups in total. The van der Waals surface area contributed by atoms with Gasteiger partial charge in [-0.15, -0.1) is 0 Å². The van der Waals surface area contributed by atoms with E-state index in [1.807, 2.05) is 0 Å². The Balaban J connectivity index is 0.00000512. The van der Waals surface area contributed by atoms with E-state index >= 15 is 0 Å². The van der Waals surface area contributed by atoms with Crippen molar-refractivity contribution in [1.82, 2.24) is 14.9 Å². The Morgan fingerprint density at radius 3 is 2.53 bits per heavy atom. The largest absolute Gasteiger partial charge is 0.469 e. The number of allylic oxidation sites excluding steroid dienone is 1. The van der Waals surface area contributed by atoms with Gasteiger partial charge in [-0.2, -0.15) is 0 Å². The van der Waals surface area contributed by atoms with E-state index in [0.29, 0.717) is 34.0 Å². The Morgan fingerprint density at radius 2 is 1.97 bits per heavy atom. The van der Waals surface area contributed by atoms with Crippen molar-refractivity contribution in [3.63, 3.8) is 0 Å². The number of anilines is 1. The van der Waals surface area contributed by atoms with Crippen molar-refractivity contribution in [2.45, 2.75) is 26.8 Å². The number of amides is 1. The number of carbonyl (C=O) groups is 2.